The molecule has 2 heteroatoms. The van der Waals surface area contributed by atoms with Crippen LogP contribution in [0.3, 0.4) is 0 Å². The van der Waals surface area contributed by atoms with E-state index in [-0.39, 0.29) is 0 Å². The lowest BCUT2D eigenvalue weighted by Gasteiger charge is -2.05. The van der Waals surface area contributed by atoms with Crippen molar-refractivity contribution >= 4 is 17.1 Å². The zero-order valence-electron chi connectivity index (χ0n) is 7.66. The van der Waals surface area contributed by atoms with E-state index in [1.54, 1.807) is 0 Å². The lowest BCUT2D eigenvalue weighted by molar-refractivity contribution is -0.117. The predicted octanol–water partition coefficient (Wildman–Crippen LogP) is 3.05. The predicted molar refractivity (Wildman–Crippen MR) is 55.0 cm³/mol. The average molecular weight is 194 g/mol. The van der Waals surface area contributed by atoms with E-state index < -0.39 is 0 Å². The number of thiophene rings is 1. The van der Waals surface area contributed by atoms with Gasteiger partial charge in [-0.3, -0.25) is 4.79 Å². The van der Waals surface area contributed by atoms with Gasteiger partial charge < -0.3 is 0 Å². The van der Waals surface area contributed by atoms with Crippen molar-refractivity contribution in [3.05, 3.63) is 22.4 Å². The third kappa shape index (κ3) is 2.41. The molecule has 1 aliphatic carbocycles. The Labute approximate surface area is 82.8 Å². The fourth-order valence-electron chi connectivity index (χ4n) is 1.94. The maximum atomic E-state index is 11.0. The molecule has 13 heavy (non-hydrogen) atoms. The number of hydrogen-bond acceptors (Lipinski definition) is 2. The SMILES string of the molecule is O=C1CCC(CCc2cccs2)C1. The van der Waals surface area contributed by atoms with Gasteiger partial charge in [-0.2, -0.15) is 0 Å². The summed E-state index contributed by atoms with van der Waals surface area (Å²) in [6, 6.07) is 4.28. The van der Waals surface area contributed by atoms with E-state index in [9.17, 15) is 4.79 Å². The molecule has 0 spiro atoms. The fraction of sp³-hybridized carbons (Fsp3) is 0.545. The highest BCUT2D eigenvalue weighted by molar-refractivity contribution is 7.09. The molecule has 1 aliphatic rings. The van der Waals surface area contributed by atoms with Gasteiger partial charge in [-0.05, 0) is 36.6 Å². The first-order chi connectivity index (χ1) is 6.34. The first kappa shape index (κ1) is 8.95. The van der Waals surface area contributed by atoms with Gasteiger partial charge in [0.1, 0.15) is 5.78 Å². The summed E-state index contributed by atoms with van der Waals surface area (Å²) in [6.07, 6.45) is 5.16. The van der Waals surface area contributed by atoms with E-state index in [0.29, 0.717) is 11.7 Å². The van der Waals surface area contributed by atoms with Crippen molar-refractivity contribution in [1.82, 2.24) is 0 Å². The minimum atomic E-state index is 0.469. The number of ketones is 1. The van der Waals surface area contributed by atoms with Gasteiger partial charge in [0.2, 0.25) is 0 Å². The Morgan fingerprint density at radius 1 is 1.54 bits per heavy atom. The quantitative estimate of drug-likeness (QED) is 0.722. The minimum Gasteiger partial charge on any atom is -0.300 e. The van der Waals surface area contributed by atoms with Crippen molar-refractivity contribution in [1.29, 1.82) is 0 Å². The van der Waals surface area contributed by atoms with Crippen LogP contribution in [0.2, 0.25) is 0 Å². The molecule has 1 atom stereocenters. The summed E-state index contributed by atoms with van der Waals surface area (Å²) in [6.45, 7) is 0. The lowest BCUT2D eigenvalue weighted by Crippen LogP contribution is -1.96. The Balaban J connectivity index is 1.77. The molecule has 1 unspecified atom stereocenters. The molecule has 0 aliphatic heterocycles. The highest BCUT2D eigenvalue weighted by atomic mass is 32.1. The number of Topliss-reactive ketones (excluding diaryl/α,β-unsaturated/α-hetero) is 1. The molecule has 0 saturated heterocycles. The van der Waals surface area contributed by atoms with Crippen molar-refractivity contribution in [2.24, 2.45) is 5.92 Å². The number of carbonyl (C=O) groups is 1. The summed E-state index contributed by atoms with van der Waals surface area (Å²) in [5.41, 5.74) is 0. The highest BCUT2D eigenvalue weighted by Crippen LogP contribution is 2.27. The first-order valence-electron chi connectivity index (χ1n) is 4.88. The second kappa shape index (κ2) is 4.05. The molecular weight excluding hydrogens is 180 g/mol. The van der Waals surface area contributed by atoms with Gasteiger partial charge in [0.25, 0.3) is 0 Å². The molecule has 2 rings (SSSR count). The summed E-state index contributed by atoms with van der Waals surface area (Å²) in [4.78, 5) is 12.5. The van der Waals surface area contributed by atoms with Gasteiger partial charge in [0, 0.05) is 17.7 Å². The molecule has 1 saturated carbocycles. The maximum absolute atomic E-state index is 11.0. The molecular formula is C11H14OS. The van der Waals surface area contributed by atoms with Crippen LogP contribution in [0.5, 0.6) is 0 Å². The van der Waals surface area contributed by atoms with Crippen LogP contribution in [-0.4, -0.2) is 5.78 Å². The van der Waals surface area contributed by atoms with Crippen LogP contribution in [0.25, 0.3) is 0 Å². The standard InChI is InChI=1S/C11H14OS/c12-10-5-3-9(8-10)4-6-11-2-1-7-13-11/h1-2,7,9H,3-6,8H2. The lowest BCUT2D eigenvalue weighted by atomic mass is 10.0. The van der Waals surface area contributed by atoms with Crippen molar-refractivity contribution in [3.63, 3.8) is 0 Å². The third-order valence-corrected chi connectivity index (χ3v) is 3.66. The number of aryl methyl sites for hydroxylation is 1. The van der Waals surface area contributed by atoms with Crippen LogP contribution < -0.4 is 0 Å². The minimum absolute atomic E-state index is 0.469. The van der Waals surface area contributed by atoms with Crippen LogP contribution in [0.15, 0.2) is 17.5 Å². The Hall–Kier alpha value is -0.630. The molecule has 0 amide bonds. The molecule has 1 nitrogen and oxygen atoms in total. The highest BCUT2D eigenvalue weighted by Gasteiger charge is 2.21. The van der Waals surface area contributed by atoms with Crippen molar-refractivity contribution in [2.75, 3.05) is 0 Å². The second-order valence-corrected chi connectivity index (χ2v) is 4.80. The number of rotatable bonds is 3. The van der Waals surface area contributed by atoms with Crippen molar-refractivity contribution < 1.29 is 4.79 Å². The largest absolute Gasteiger partial charge is 0.300 e. The molecule has 0 radical (unpaired) electrons. The number of carbonyl (C=O) groups excluding carboxylic acids is 1. The molecule has 1 aromatic rings. The Bertz CT molecular complexity index is 276. The Morgan fingerprint density at radius 3 is 3.08 bits per heavy atom. The summed E-state index contributed by atoms with van der Waals surface area (Å²) >= 11 is 1.82. The van der Waals surface area contributed by atoms with Gasteiger partial charge in [-0.1, -0.05) is 6.07 Å². The van der Waals surface area contributed by atoms with E-state index in [0.717, 1.165) is 25.7 Å². The fourth-order valence-corrected chi connectivity index (χ4v) is 2.66. The zero-order chi connectivity index (χ0) is 9.10. The first-order valence-corrected chi connectivity index (χ1v) is 5.76. The molecule has 1 heterocycles. The van der Waals surface area contributed by atoms with Gasteiger partial charge in [-0.15, -0.1) is 11.3 Å². The molecule has 1 aromatic heterocycles. The topological polar surface area (TPSA) is 17.1 Å². The summed E-state index contributed by atoms with van der Waals surface area (Å²) in [7, 11) is 0. The van der Waals surface area contributed by atoms with Crippen LogP contribution in [0, 0.1) is 5.92 Å². The van der Waals surface area contributed by atoms with Gasteiger partial charge in [-0.25, -0.2) is 0 Å². The summed E-state index contributed by atoms with van der Waals surface area (Å²) < 4.78 is 0. The van der Waals surface area contributed by atoms with Crippen molar-refractivity contribution in [3.8, 4) is 0 Å². The zero-order valence-corrected chi connectivity index (χ0v) is 8.48. The maximum Gasteiger partial charge on any atom is 0.133 e. The molecule has 1 fully saturated rings. The van der Waals surface area contributed by atoms with Gasteiger partial charge in [0.05, 0.1) is 0 Å². The number of hydrogen-bond donors (Lipinski definition) is 0. The summed E-state index contributed by atoms with van der Waals surface area (Å²) in [5, 5.41) is 2.12. The van der Waals surface area contributed by atoms with Gasteiger partial charge in [0.15, 0.2) is 0 Å². The second-order valence-electron chi connectivity index (χ2n) is 3.77. The normalized spacial score (nSPS) is 22.5. The van der Waals surface area contributed by atoms with E-state index in [1.807, 2.05) is 11.3 Å². The van der Waals surface area contributed by atoms with Crippen LogP contribution in [0.4, 0.5) is 0 Å². The Kier molecular flexibility index (Phi) is 2.79. The molecule has 0 bridgehead atoms. The van der Waals surface area contributed by atoms with E-state index in [1.165, 1.54) is 11.3 Å². The Morgan fingerprint density at radius 2 is 2.46 bits per heavy atom. The molecule has 0 N–H and O–H groups in total. The van der Waals surface area contributed by atoms with E-state index in [2.05, 4.69) is 17.5 Å². The van der Waals surface area contributed by atoms with Gasteiger partial charge >= 0.3 is 0 Å². The van der Waals surface area contributed by atoms with Crippen molar-refractivity contribution in [2.45, 2.75) is 32.1 Å². The smallest absolute Gasteiger partial charge is 0.133 e. The monoisotopic (exact) mass is 194 g/mol. The van der Waals surface area contributed by atoms with Crippen LogP contribution >= 0.6 is 11.3 Å². The van der Waals surface area contributed by atoms with E-state index in [4.69, 9.17) is 0 Å². The summed E-state index contributed by atoms with van der Waals surface area (Å²) in [5.74, 6) is 1.14. The third-order valence-electron chi connectivity index (χ3n) is 2.73. The van der Waals surface area contributed by atoms with E-state index >= 15 is 0 Å². The average Bonchev–Trinajstić information content (AvgIpc) is 2.71. The molecule has 0 aromatic carbocycles. The molecule has 70 valence electrons. The van der Waals surface area contributed by atoms with Crippen LogP contribution in [0.1, 0.15) is 30.6 Å². The van der Waals surface area contributed by atoms with Crippen LogP contribution in [-0.2, 0) is 11.2 Å².